The summed E-state index contributed by atoms with van der Waals surface area (Å²) in [6.07, 6.45) is 6.29. The van der Waals surface area contributed by atoms with E-state index < -0.39 is 5.41 Å². The molecule has 2 atom stereocenters. The molecule has 0 amide bonds. The van der Waals surface area contributed by atoms with E-state index in [-0.39, 0.29) is 6.04 Å². The van der Waals surface area contributed by atoms with E-state index in [1.807, 2.05) is 18.3 Å². The molecule has 6 heterocycles. The minimum atomic E-state index is -0.569. The predicted molar refractivity (Wildman–Crippen MR) is 137 cm³/mol. The lowest BCUT2D eigenvalue weighted by atomic mass is 9.72. The van der Waals surface area contributed by atoms with Crippen molar-refractivity contribution in [2.75, 3.05) is 57.5 Å². The average Bonchev–Trinajstić information content (AvgIpc) is 3.64. The van der Waals surface area contributed by atoms with Crippen LogP contribution in [0.1, 0.15) is 31.7 Å². The maximum Gasteiger partial charge on any atom is 0.130 e. The van der Waals surface area contributed by atoms with Crippen LogP contribution in [0.25, 0.3) is 22.3 Å². The van der Waals surface area contributed by atoms with Gasteiger partial charge in [-0.25, -0.2) is 4.98 Å². The molecule has 0 spiro atoms. The number of pyridine rings is 2. The molecule has 0 radical (unpaired) electrons. The molecule has 3 aliphatic rings. The third kappa shape index (κ3) is 4.23. The molecule has 1 unspecified atom stereocenters. The monoisotopic (exact) mass is 487 g/mol. The highest BCUT2D eigenvalue weighted by atomic mass is 16.5. The van der Waals surface area contributed by atoms with Gasteiger partial charge in [0, 0.05) is 37.5 Å². The molecule has 0 aromatic carbocycles. The molecule has 9 nitrogen and oxygen atoms in total. The Morgan fingerprint density at radius 1 is 1.14 bits per heavy atom. The average molecular weight is 488 g/mol. The Labute approximate surface area is 211 Å². The minimum Gasteiger partial charge on any atom is -0.381 e. The summed E-state index contributed by atoms with van der Waals surface area (Å²) in [6.45, 7) is 8.89. The van der Waals surface area contributed by atoms with Gasteiger partial charge in [0.1, 0.15) is 17.0 Å². The second kappa shape index (κ2) is 9.77. The maximum absolute atomic E-state index is 10.7. The minimum absolute atomic E-state index is 0.206. The molecule has 188 valence electrons. The zero-order chi connectivity index (χ0) is 24.5. The van der Waals surface area contributed by atoms with Gasteiger partial charge in [0.05, 0.1) is 43.0 Å². The standard InChI is InChI=1S/C27H33N7O2/c1-19-16-36-13-11-34(19)24-14-22(21-2-7-29-26(25(21)31-24)23-3-8-30-32-23)27(18-28)5-9-33(10-6-27)15-20-4-12-35-17-20/h2-3,7-8,14,19-20H,4-6,9-13,15-17H2,1H3,(H,30,32)/t19-,20?/m1/s1. The molecule has 36 heavy (non-hydrogen) atoms. The first kappa shape index (κ1) is 23.3. The number of aromatic nitrogens is 4. The Morgan fingerprint density at radius 3 is 2.72 bits per heavy atom. The second-order valence-electron chi connectivity index (χ2n) is 10.4. The smallest absolute Gasteiger partial charge is 0.130 e. The van der Waals surface area contributed by atoms with E-state index >= 15 is 0 Å². The summed E-state index contributed by atoms with van der Waals surface area (Å²) in [6, 6.07) is 9.08. The van der Waals surface area contributed by atoms with Gasteiger partial charge in [-0.3, -0.25) is 10.1 Å². The van der Waals surface area contributed by atoms with Gasteiger partial charge in [0.25, 0.3) is 0 Å². The van der Waals surface area contributed by atoms with Gasteiger partial charge in [-0.15, -0.1) is 0 Å². The van der Waals surface area contributed by atoms with E-state index in [1.165, 1.54) is 0 Å². The zero-order valence-corrected chi connectivity index (χ0v) is 20.8. The molecule has 1 N–H and O–H groups in total. The van der Waals surface area contributed by atoms with Crippen LogP contribution in [-0.2, 0) is 14.9 Å². The molecule has 6 rings (SSSR count). The van der Waals surface area contributed by atoms with Gasteiger partial charge in [0.15, 0.2) is 0 Å². The van der Waals surface area contributed by atoms with Gasteiger partial charge in [-0.05, 0) is 69.0 Å². The first-order valence-corrected chi connectivity index (χ1v) is 13.0. The van der Waals surface area contributed by atoms with Crippen LogP contribution >= 0.6 is 0 Å². The van der Waals surface area contributed by atoms with Crippen molar-refractivity contribution in [3.63, 3.8) is 0 Å². The van der Waals surface area contributed by atoms with Crippen molar-refractivity contribution in [2.24, 2.45) is 5.92 Å². The molecule has 3 saturated heterocycles. The van der Waals surface area contributed by atoms with E-state index in [0.717, 1.165) is 92.3 Å². The van der Waals surface area contributed by atoms with Crippen LogP contribution in [-0.4, -0.2) is 83.7 Å². The highest BCUT2D eigenvalue weighted by molar-refractivity contribution is 5.94. The molecule has 3 aromatic heterocycles. The van der Waals surface area contributed by atoms with E-state index in [9.17, 15) is 5.26 Å². The Balaban J connectivity index is 1.42. The van der Waals surface area contributed by atoms with Gasteiger partial charge in [-0.1, -0.05) is 0 Å². The lowest BCUT2D eigenvalue weighted by Crippen LogP contribution is -2.45. The van der Waals surface area contributed by atoms with Crippen LogP contribution in [0.2, 0.25) is 0 Å². The number of rotatable bonds is 5. The van der Waals surface area contributed by atoms with Crippen molar-refractivity contribution in [1.82, 2.24) is 25.1 Å². The van der Waals surface area contributed by atoms with Crippen LogP contribution < -0.4 is 4.90 Å². The number of piperidine rings is 1. The molecule has 0 aliphatic carbocycles. The normalized spacial score (nSPS) is 24.7. The summed E-state index contributed by atoms with van der Waals surface area (Å²) in [4.78, 5) is 14.6. The molecule has 3 fully saturated rings. The SMILES string of the molecule is C[C@@H]1COCCN1c1cc(C2(C#N)CCN(CC3CCOC3)CC2)c2ccnc(-c3ccn[nH]3)c2n1. The number of aromatic amines is 1. The van der Waals surface area contributed by atoms with Crippen molar-refractivity contribution < 1.29 is 9.47 Å². The Hall–Kier alpha value is -3.06. The molecular formula is C27H33N7O2. The fourth-order valence-electron chi connectivity index (χ4n) is 5.98. The Morgan fingerprint density at radius 2 is 2.00 bits per heavy atom. The number of hydrogen-bond donors (Lipinski definition) is 1. The zero-order valence-electron chi connectivity index (χ0n) is 20.8. The van der Waals surface area contributed by atoms with Crippen LogP contribution in [0.5, 0.6) is 0 Å². The highest BCUT2D eigenvalue weighted by Gasteiger charge is 2.39. The molecule has 3 aromatic rings. The second-order valence-corrected chi connectivity index (χ2v) is 10.4. The molecule has 0 saturated carbocycles. The Bertz CT molecular complexity index is 1240. The van der Waals surface area contributed by atoms with Crippen molar-refractivity contribution >= 4 is 16.7 Å². The third-order valence-electron chi connectivity index (χ3n) is 8.11. The van der Waals surface area contributed by atoms with E-state index in [2.05, 4.69) is 44.0 Å². The van der Waals surface area contributed by atoms with Gasteiger partial charge in [-0.2, -0.15) is 10.4 Å². The number of nitriles is 1. The maximum atomic E-state index is 10.7. The number of H-pyrrole nitrogens is 1. The summed E-state index contributed by atoms with van der Waals surface area (Å²) in [7, 11) is 0. The molecule has 9 heteroatoms. The number of nitrogens with one attached hydrogen (secondary N) is 1. The summed E-state index contributed by atoms with van der Waals surface area (Å²) >= 11 is 0. The van der Waals surface area contributed by atoms with E-state index in [4.69, 9.17) is 14.5 Å². The fraction of sp³-hybridized carbons (Fsp3) is 0.556. The third-order valence-corrected chi connectivity index (χ3v) is 8.11. The van der Waals surface area contributed by atoms with E-state index in [0.29, 0.717) is 19.1 Å². The van der Waals surface area contributed by atoms with Crippen LogP contribution in [0.15, 0.2) is 30.6 Å². The molecule has 0 bridgehead atoms. The van der Waals surface area contributed by atoms with Gasteiger partial charge < -0.3 is 19.3 Å². The topological polar surface area (TPSA) is 103 Å². The molecular weight excluding hydrogens is 454 g/mol. The lowest BCUT2D eigenvalue weighted by molar-refractivity contribution is 0.0985. The highest BCUT2D eigenvalue weighted by Crippen LogP contribution is 2.42. The number of ether oxygens (including phenoxy) is 2. The first-order valence-electron chi connectivity index (χ1n) is 13.0. The summed E-state index contributed by atoms with van der Waals surface area (Å²) in [5.41, 5.74) is 2.90. The van der Waals surface area contributed by atoms with Gasteiger partial charge >= 0.3 is 0 Å². The van der Waals surface area contributed by atoms with Crippen molar-refractivity contribution in [2.45, 2.75) is 37.6 Å². The van der Waals surface area contributed by atoms with Crippen LogP contribution in [0.4, 0.5) is 5.82 Å². The van der Waals surface area contributed by atoms with Crippen LogP contribution in [0, 0.1) is 17.2 Å². The number of nitrogens with zero attached hydrogens (tertiary/aromatic N) is 6. The first-order chi connectivity index (χ1) is 17.7. The van der Waals surface area contributed by atoms with Gasteiger partial charge in [0.2, 0.25) is 0 Å². The Kier molecular flexibility index (Phi) is 6.34. The largest absolute Gasteiger partial charge is 0.381 e. The van der Waals surface area contributed by atoms with E-state index in [1.54, 1.807) is 6.20 Å². The summed E-state index contributed by atoms with van der Waals surface area (Å²) in [5.74, 6) is 1.50. The van der Waals surface area contributed by atoms with Crippen molar-refractivity contribution in [3.8, 4) is 17.5 Å². The quantitative estimate of drug-likeness (QED) is 0.586. The molecule has 3 aliphatic heterocycles. The summed E-state index contributed by atoms with van der Waals surface area (Å²) in [5, 5.41) is 18.8. The summed E-state index contributed by atoms with van der Waals surface area (Å²) < 4.78 is 11.3. The number of anilines is 1. The number of fused-ring (bicyclic) bond motifs is 1. The van der Waals surface area contributed by atoms with Crippen LogP contribution in [0.3, 0.4) is 0 Å². The fourth-order valence-corrected chi connectivity index (χ4v) is 5.98. The predicted octanol–water partition coefficient (Wildman–Crippen LogP) is 3.14. The van der Waals surface area contributed by atoms with Crippen molar-refractivity contribution in [3.05, 3.63) is 36.2 Å². The van der Waals surface area contributed by atoms with Crippen molar-refractivity contribution in [1.29, 1.82) is 5.26 Å². The number of likely N-dealkylation sites (tertiary alicyclic amines) is 1. The number of hydrogen-bond acceptors (Lipinski definition) is 8. The number of morpholine rings is 1. The lowest BCUT2D eigenvalue weighted by Gasteiger charge is -2.40.